The summed E-state index contributed by atoms with van der Waals surface area (Å²) in [5.74, 6) is 0.673. The van der Waals surface area contributed by atoms with Gasteiger partial charge in [-0.15, -0.1) is 0 Å². The zero-order valence-electron chi connectivity index (χ0n) is 12.0. The molecule has 3 rings (SSSR count). The number of fused-ring (bicyclic) bond motifs is 1. The van der Waals surface area contributed by atoms with Gasteiger partial charge in [0.15, 0.2) is 0 Å². The number of hydrogen-bond acceptors (Lipinski definition) is 3. The first-order chi connectivity index (χ1) is 9.71. The minimum Gasteiger partial charge on any atom is -0.488 e. The molecule has 1 aromatic carbocycles. The summed E-state index contributed by atoms with van der Waals surface area (Å²) in [6, 6.07) is 4.80. The van der Waals surface area contributed by atoms with Gasteiger partial charge in [-0.05, 0) is 37.3 Å². The van der Waals surface area contributed by atoms with Crippen LogP contribution in [-0.4, -0.2) is 30.2 Å². The lowest BCUT2D eigenvalue weighted by Crippen LogP contribution is -2.39. The lowest BCUT2D eigenvalue weighted by atomic mass is 10.1. The van der Waals surface area contributed by atoms with E-state index in [-0.39, 0.29) is 11.9 Å². The highest BCUT2D eigenvalue weighted by Gasteiger charge is 2.33. The van der Waals surface area contributed by atoms with Gasteiger partial charge in [0, 0.05) is 29.8 Å². The van der Waals surface area contributed by atoms with Gasteiger partial charge < -0.3 is 10.1 Å². The van der Waals surface area contributed by atoms with E-state index in [1.807, 2.05) is 11.8 Å². The lowest BCUT2D eigenvalue weighted by Gasteiger charge is -2.27. The molecule has 0 spiro atoms. The Labute approximate surface area is 124 Å². The first-order valence-corrected chi connectivity index (χ1v) is 8.64. The van der Waals surface area contributed by atoms with Crippen molar-refractivity contribution in [3.05, 3.63) is 29.6 Å². The van der Waals surface area contributed by atoms with Crippen LogP contribution in [0.2, 0.25) is 0 Å². The molecule has 1 N–H and O–H groups in total. The Morgan fingerprint density at radius 1 is 1.40 bits per heavy atom. The second kappa shape index (κ2) is 5.94. The van der Waals surface area contributed by atoms with Crippen LogP contribution in [0.5, 0.6) is 5.75 Å². The van der Waals surface area contributed by atoms with Crippen LogP contribution in [0.15, 0.2) is 18.2 Å². The molecule has 0 radical (unpaired) electrons. The third-order valence-corrected chi connectivity index (χ3v) is 5.95. The summed E-state index contributed by atoms with van der Waals surface area (Å²) in [5, 5.41) is 3.57. The van der Waals surface area contributed by atoms with Crippen molar-refractivity contribution in [1.29, 1.82) is 0 Å². The van der Waals surface area contributed by atoms with Crippen LogP contribution in [0.1, 0.15) is 31.2 Å². The number of benzene rings is 1. The Morgan fingerprint density at radius 2 is 2.20 bits per heavy atom. The van der Waals surface area contributed by atoms with Gasteiger partial charge in [-0.25, -0.2) is 4.39 Å². The monoisotopic (exact) mass is 295 g/mol. The molecule has 1 fully saturated rings. The summed E-state index contributed by atoms with van der Waals surface area (Å²) in [6.45, 7) is 1.90. The van der Waals surface area contributed by atoms with E-state index >= 15 is 0 Å². The van der Waals surface area contributed by atoms with E-state index < -0.39 is 0 Å². The first kappa shape index (κ1) is 14.2. The van der Waals surface area contributed by atoms with E-state index in [2.05, 4.69) is 11.6 Å². The summed E-state index contributed by atoms with van der Waals surface area (Å²) in [5.41, 5.74) is 0.997. The van der Waals surface area contributed by atoms with Crippen molar-refractivity contribution < 1.29 is 9.13 Å². The predicted molar refractivity (Wildman–Crippen MR) is 82.1 cm³/mol. The third-order valence-electron chi connectivity index (χ3n) is 4.53. The van der Waals surface area contributed by atoms with E-state index in [0.29, 0.717) is 4.75 Å². The second-order valence-corrected chi connectivity index (χ2v) is 7.20. The first-order valence-electron chi connectivity index (χ1n) is 7.42. The van der Waals surface area contributed by atoms with E-state index in [0.717, 1.165) is 30.8 Å². The molecular formula is C16H22FNOS. The maximum Gasteiger partial charge on any atom is 0.123 e. The highest BCUT2D eigenvalue weighted by atomic mass is 32.2. The fourth-order valence-corrected chi connectivity index (χ4v) is 4.28. The Morgan fingerprint density at radius 3 is 2.95 bits per heavy atom. The van der Waals surface area contributed by atoms with Crippen molar-refractivity contribution in [2.75, 3.05) is 19.3 Å². The Bertz CT molecular complexity index is 474. The third kappa shape index (κ3) is 2.96. The second-order valence-electron chi connectivity index (χ2n) is 5.92. The molecule has 20 heavy (non-hydrogen) atoms. The number of thioether (sulfide) groups is 1. The molecule has 1 aliphatic heterocycles. The van der Waals surface area contributed by atoms with Gasteiger partial charge in [0.25, 0.3) is 0 Å². The normalized spacial score (nSPS) is 23.6. The number of rotatable bonds is 5. The zero-order valence-corrected chi connectivity index (χ0v) is 12.8. The van der Waals surface area contributed by atoms with Gasteiger partial charge in [0.2, 0.25) is 0 Å². The predicted octanol–water partition coefficient (Wildman–Crippen LogP) is 3.39. The van der Waals surface area contributed by atoms with Crippen molar-refractivity contribution in [1.82, 2.24) is 5.32 Å². The van der Waals surface area contributed by atoms with E-state index in [1.54, 1.807) is 12.1 Å². The molecule has 0 amide bonds. The lowest BCUT2D eigenvalue weighted by molar-refractivity contribution is 0.226. The molecule has 1 aliphatic carbocycles. The molecule has 1 atom stereocenters. The Balaban J connectivity index is 1.49. The Hall–Kier alpha value is -0.740. The van der Waals surface area contributed by atoms with Crippen LogP contribution in [0, 0.1) is 5.82 Å². The van der Waals surface area contributed by atoms with Crippen molar-refractivity contribution in [2.45, 2.75) is 43.0 Å². The minimum atomic E-state index is -0.173. The van der Waals surface area contributed by atoms with Crippen LogP contribution in [0.25, 0.3) is 0 Å². The Kier molecular flexibility index (Phi) is 4.22. The molecule has 0 saturated heterocycles. The molecule has 1 unspecified atom stereocenters. The summed E-state index contributed by atoms with van der Waals surface area (Å²) >= 11 is 2.00. The average molecular weight is 295 g/mol. The van der Waals surface area contributed by atoms with Gasteiger partial charge in [-0.2, -0.15) is 11.8 Å². The zero-order chi connectivity index (χ0) is 14.0. The van der Waals surface area contributed by atoms with Crippen LogP contribution >= 0.6 is 11.8 Å². The van der Waals surface area contributed by atoms with Crippen molar-refractivity contribution in [3.8, 4) is 5.75 Å². The summed E-state index contributed by atoms with van der Waals surface area (Å²) in [7, 11) is 0. The number of hydrogen-bond donors (Lipinski definition) is 1. The highest BCUT2D eigenvalue weighted by Crippen LogP contribution is 2.39. The molecule has 110 valence electrons. The van der Waals surface area contributed by atoms with Crippen LogP contribution < -0.4 is 10.1 Å². The van der Waals surface area contributed by atoms with Gasteiger partial charge in [-0.3, -0.25) is 0 Å². The molecule has 1 aromatic rings. The molecule has 0 bridgehead atoms. The van der Waals surface area contributed by atoms with Gasteiger partial charge in [0.1, 0.15) is 17.7 Å². The number of halogens is 1. The van der Waals surface area contributed by atoms with Crippen LogP contribution in [-0.2, 0) is 6.42 Å². The van der Waals surface area contributed by atoms with E-state index in [4.69, 9.17) is 4.74 Å². The summed E-state index contributed by atoms with van der Waals surface area (Å²) < 4.78 is 19.5. The average Bonchev–Trinajstić information content (AvgIpc) is 3.05. The van der Waals surface area contributed by atoms with Crippen molar-refractivity contribution in [2.24, 2.45) is 0 Å². The maximum absolute atomic E-state index is 13.2. The molecular weight excluding hydrogens is 273 g/mol. The SMILES string of the molecule is CSC1(CNCC2Cc3cc(F)ccc3O2)CCCC1. The molecule has 1 saturated carbocycles. The number of nitrogens with one attached hydrogen (secondary N) is 1. The fourth-order valence-electron chi connectivity index (χ4n) is 3.34. The maximum atomic E-state index is 13.2. The fraction of sp³-hybridized carbons (Fsp3) is 0.625. The van der Waals surface area contributed by atoms with Crippen molar-refractivity contribution >= 4 is 11.8 Å². The van der Waals surface area contributed by atoms with Crippen molar-refractivity contribution in [3.63, 3.8) is 0 Å². The van der Waals surface area contributed by atoms with Gasteiger partial charge in [-0.1, -0.05) is 12.8 Å². The topological polar surface area (TPSA) is 21.3 Å². The summed E-state index contributed by atoms with van der Waals surface area (Å²) in [6.07, 6.45) is 8.52. The largest absolute Gasteiger partial charge is 0.488 e. The highest BCUT2D eigenvalue weighted by molar-refractivity contribution is 8.00. The molecule has 1 heterocycles. The quantitative estimate of drug-likeness (QED) is 0.899. The molecule has 4 heteroatoms. The summed E-state index contributed by atoms with van der Waals surface area (Å²) in [4.78, 5) is 0. The standard InChI is InChI=1S/C16H22FNOS/c1-20-16(6-2-3-7-16)11-18-10-14-9-12-8-13(17)4-5-15(12)19-14/h4-5,8,14,18H,2-3,6-7,9-11H2,1H3. The molecule has 0 aromatic heterocycles. The molecule has 2 nitrogen and oxygen atoms in total. The van der Waals surface area contributed by atoms with E-state index in [9.17, 15) is 4.39 Å². The molecule has 2 aliphatic rings. The van der Waals surface area contributed by atoms with Gasteiger partial charge >= 0.3 is 0 Å². The van der Waals surface area contributed by atoms with Crippen LogP contribution in [0.4, 0.5) is 4.39 Å². The van der Waals surface area contributed by atoms with Gasteiger partial charge in [0.05, 0.1) is 0 Å². The number of ether oxygens (including phenoxy) is 1. The minimum absolute atomic E-state index is 0.145. The van der Waals surface area contributed by atoms with E-state index in [1.165, 1.54) is 31.7 Å². The smallest absolute Gasteiger partial charge is 0.123 e. The van der Waals surface area contributed by atoms with Crippen LogP contribution in [0.3, 0.4) is 0 Å².